The number of phenols is 1. The number of fused-ring (bicyclic) bond motifs is 1. The third kappa shape index (κ3) is 8.55. The van der Waals surface area contributed by atoms with E-state index in [4.69, 9.17) is 14.6 Å². The Balaban J connectivity index is 0.00000820. The summed E-state index contributed by atoms with van der Waals surface area (Å²) in [7, 11) is 0. The minimum Gasteiger partial charge on any atom is -0.507 e. The maximum atomic E-state index is 11.5. The number of imidazole rings is 1. The van der Waals surface area contributed by atoms with Gasteiger partial charge < -0.3 is 5.11 Å². The van der Waals surface area contributed by atoms with E-state index < -0.39 is 60.7 Å². The van der Waals surface area contributed by atoms with Gasteiger partial charge in [0.05, 0.1) is 33.3 Å². The number of pyridine rings is 1. The topological polar surface area (TPSA) is 50.9 Å². The Hall–Kier alpha value is -5.57. The summed E-state index contributed by atoms with van der Waals surface area (Å²) in [6.07, 6.45) is 2.98. The van der Waals surface area contributed by atoms with Crippen LogP contribution >= 0.6 is 0 Å². The second kappa shape index (κ2) is 18.5. The van der Waals surface area contributed by atoms with Crippen molar-refractivity contribution < 1.29 is 41.3 Å². The number of benzene rings is 6. The van der Waals surface area contributed by atoms with E-state index in [2.05, 4.69) is 70.8 Å². The molecule has 0 amide bonds. The van der Waals surface area contributed by atoms with Crippen molar-refractivity contribution in [3.8, 4) is 67.5 Å². The average molecular weight is 1040 g/mol. The summed E-state index contributed by atoms with van der Waals surface area (Å²) in [6.45, 7) is 16.8. The Morgan fingerprint density at radius 2 is 1.33 bits per heavy atom. The fraction of sp³-hybridized carbons (Fsp3) is 0.288. The van der Waals surface area contributed by atoms with E-state index >= 15 is 0 Å². The molecule has 1 N–H and O–H groups in total. The molecule has 2 heterocycles. The van der Waals surface area contributed by atoms with E-state index in [1.807, 2.05) is 63.2 Å². The minimum absolute atomic E-state index is 0. The molecule has 0 spiro atoms. The first-order valence-corrected chi connectivity index (χ1v) is 22.0. The Kier molecular flexibility index (Phi) is 9.79. The molecular formula is C59H62N3OPt-. The van der Waals surface area contributed by atoms with Gasteiger partial charge in [-0.05, 0) is 124 Å². The first kappa shape index (κ1) is 33.9. The van der Waals surface area contributed by atoms with Gasteiger partial charge in [-0.15, -0.1) is 29.3 Å². The summed E-state index contributed by atoms with van der Waals surface area (Å²) >= 11 is 0. The molecule has 2 aromatic heterocycles. The molecule has 330 valence electrons. The summed E-state index contributed by atoms with van der Waals surface area (Å²) in [6, 6.07) is 27.6. The standard InChI is InChI=1S/C59H62N3O.Pt/c1-11-58(9,12-2)48-26-21-27-49(59(10,13-3)14-4)54(48)42-30-31-51(39(5)34-42)62-52-28-20-25-46(55(52)61-56(62)47-24-18-19-29-53(47)63)43-35-44(37-45(36-43)57(6,7)8)50-38-41(32-33-60-50)40-22-16-15-17-23-40;/h15-34,36-38,63H,11-14H2,1-10H3;/q-1;/i5D3,15D,16D,17D,22D,23D,32D,33D,38D;. The van der Waals surface area contributed by atoms with E-state index in [0.29, 0.717) is 33.4 Å². The van der Waals surface area contributed by atoms with Crippen LogP contribution in [0.3, 0.4) is 0 Å². The van der Waals surface area contributed by atoms with Gasteiger partial charge in [-0.1, -0.05) is 158 Å². The van der Waals surface area contributed by atoms with Crippen LogP contribution in [-0.4, -0.2) is 19.6 Å². The Labute approximate surface area is 411 Å². The number of aromatic nitrogens is 3. The maximum Gasteiger partial charge on any atom is 0.148 e. The third-order valence-corrected chi connectivity index (χ3v) is 13.5. The number of phenolic OH excluding ortho intramolecular Hbond substituents is 1. The number of aryl methyl sites for hydroxylation is 1. The van der Waals surface area contributed by atoms with Gasteiger partial charge in [0.2, 0.25) is 0 Å². The monoisotopic (exact) mass is 1030 g/mol. The molecule has 0 aliphatic carbocycles. The third-order valence-electron chi connectivity index (χ3n) is 13.5. The molecule has 4 nitrogen and oxygen atoms in total. The summed E-state index contributed by atoms with van der Waals surface area (Å²) in [5.41, 5.74) is 6.36. The van der Waals surface area contributed by atoms with Crippen LogP contribution in [0, 0.1) is 12.9 Å². The second-order valence-corrected chi connectivity index (χ2v) is 18.1. The van der Waals surface area contributed by atoms with Gasteiger partial charge in [-0.2, -0.15) is 0 Å². The van der Waals surface area contributed by atoms with E-state index in [1.54, 1.807) is 34.9 Å². The van der Waals surface area contributed by atoms with Crippen LogP contribution in [0.15, 0.2) is 139 Å². The van der Waals surface area contributed by atoms with Gasteiger partial charge in [-0.25, -0.2) is 4.98 Å². The molecule has 5 heteroatoms. The molecule has 0 fully saturated rings. The van der Waals surface area contributed by atoms with E-state index in [0.717, 1.165) is 42.4 Å². The zero-order valence-corrected chi connectivity index (χ0v) is 40.4. The number of aromatic hydroxyl groups is 1. The Bertz CT molecular complexity index is 3450. The molecule has 0 atom stereocenters. The minimum atomic E-state index is -2.62. The predicted molar refractivity (Wildman–Crippen MR) is 266 cm³/mol. The normalized spacial score (nSPS) is 14.7. The summed E-state index contributed by atoms with van der Waals surface area (Å²) < 4.78 is 98.7. The van der Waals surface area contributed by atoms with Crippen LogP contribution < -0.4 is 0 Å². The van der Waals surface area contributed by atoms with E-state index in [1.165, 1.54) is 11.1 Å². The summed E-state index contributed by atoms with van der Waals surface area (Å²) in [5.74, 6) is 0.221. The molecule has 6 aromatic carbocycles. The number of para-hydroxylation sites is 2. The molecule has 0 aliphatic heterocycles. The van der Waals surface area contributed by atoms with Crippen molar-refractivity contribution in [1.82, 2.24) is 14.5 Å². The molecular weight excluding hydrogens is 962 g/mol. The molecule has 0 saturated heterocycles. The molecule has 0 saturated carbocycles. The van der Waals surface area contributed by atoms with E-state index in [9.17, 15) is 10.6 Å². The SMILES string of the molecule is [2H]c1nc(-c2[c-]c(-c3cccc4c3nc(-c3ccccc3O)n4-c3ccc(-c4c(C(C)(CC)CC)cccc4C(C)(CC)CC)cc3C([2H])([2H])[2H])cc(C(C)(C)C)c2)c([2H])c(-c2c([2H])c([2H])c([2H])c([2H])c2[2H])c1[2H].[Pt]. The number of hydrogen-bond acceptors (Lipinski definition) is 3. The van der Waals surface area contributed by atoms with Crippen molar-refractivity contribution in [2.24, 2.45) is 0 Å². The van der Waals surface area contributed by atoms with Gasteiger partial charge in [0.1, 0.15) is 11.6 Å². The first-order chi connectivity index (χ1) is 34.8. The van der Waals surface area contributed by atoms with Crippen molar-refractivity contribution >= 4 is 11.0 Å². The number of nitrogens with zero attached hydrogens (tertiary/aromatic N) is 3. The van der Waals surface area contributed by atoms with Crippen molar-refractivity contribution in [3.63, 3.8) is 0 Å². The molecule has 64 heavy (non-hydrogen) atoms. The van der Waals surface area contributed by atoms with Gasteiger partial charge in [0.15, 0.2) is 0 Å². The smallest absolute Gasteiger partial charge is 0.148 e. The van der Waals surface area contributed by atoms with Crippen LogP contribution in [0.4, 0.5) is 0 Å². The quantitative estimate of drug-likeness (QED) is 0.124. The molecule has 8 rings (SSSR count). The zero-order chi connectivity index (χ0) is 54.1. The largest absolute Gasteiger partial charge is 0.507 e. The molecule has 0 radical (unpaired) electrons. The van der Waals surface area contributed by atoms with Crippen LogP contribution in [0.2, 0.25) is 0 Å². The fourth-order valence-electron chi connectivity index (χ4n) is 8.64. The molecule has 0 aliphatic rings. The Morgan fingerprint density at radius 1 is 0.688 bits per heavy atom. The summed E-state index contributed by atoms with van der Waals surface area (Å²) in [4.78, 5) is 9.67. The molecule has 0 bridgehead atoms. The van der Waals surface area contributed by atoms with Gasteiger partial charge >= 0.3 is 0 Å². The van der Waals surface area contributed by atoms with E-state index in [-0.39, 0.29) is 71.4 Å². The predicted octanol–water partition coefficient (Wildman–Crippen LogP) is 16.0. The van der Waals surface area contributed by atoms with Crippen LogP contribution in [0.1, 0.15) is 125 Å². The second-order valence-electron chi connectivity index (χ2n) is 18.1. The van der Waals surface area contributed by atoms with Crippen molar-refractivity contribution in [1.29, 1.82) is 0 Å². The van der Waals surface area contributed by atoms with Crippen LogP contribution in [0.25, 0.3) is 72.7 Å². The first-order valence-electron chi connectivity index (χ1n) is 27.5. The van der Waals surface area contributed by atoms with Gasteiger partial charge in [0.25, 0.3) is 0 Å². The number of hydrogen-bond donors (Lipinski definition) is 1. The molecule has 0 unspecified atom stereocenters. The average Bonchev–Trinajstić information content (AvgIpc) is 3.77. The molecule has 8 aromatic rings. The number of rotatable bonds is 12. The zero-order valence-electron chi connectivity index (χ0n) is 49.1. The van der Waals surface area contributed by atoms with Gasteiger partial charge in [0, 0.05) is 37.0 Å². The van der Waals surface area contributed by atoms with Crippen molar-refractivity contribution in [2.75, 3.05) is 0 Å². The fourth-order valence-corrected chi connectivity index (χ4v) is 8.64. The summed E-state index contributed by atoms with van der Waals surface area (Å²) in [5, 5.41) is 11.5. The van der Waals surface area contributed by atoms with Crippen LogP contribution in [0.5, 0.6) is 5.75 Å². The van der Waals surface area contributed by atoms with Crippen molar-refractivity contribution in [3.05, 3.63) is 168 Å². The maximum absolute atomic E-state index is 11.5. The van der Waals surface area contributed by atoms with Gasteiger partial charge in [-0.3, -0.25) is 9.55 Å². The van der Waals surface area contributed by atoms with Crippen molar-refractivity contribution in [2.45, 2.75) is 111 Å². The van der Waals surface area contributed by atoms with Crippen LogP contribution in [-0.2, 0) is 37.3 Å². The Morgan fingerprint density at radius 3 is 1.97 bits per heavy atom.